The van der Waals surface area contributed by atoms with Crippen molar-refractivity contribution in [2.24, 2.45) is 0 Å². The third-order valence-electron chi connectivity index (χ3n) is 1.91. The number of methoxy groups -OCH3 is 1. The second-order valence-electron chi connectivity index (χ2n) is 6.91. The summed E-state index contributed by atoms with van der Waals surface area (Å²) >= 11 is 0. The van der Waals surface area contributed by atoms with Crippen LogP contribution in [0, 0.1) is 0 Å². The Labute approximate surface area is 127 Å². The summed E-state index contributed by atoms with van der Waals surface area (Å²) in [7, 11) is 1.30. The largest absolute Gasteiger partial charge is 0.466 e. The molecular weight excluding hydrogens is 276 g/mol. The number of carbonyl (C=O) groups excluding carboxylic acids is 1. The zero-order valence-corrected chi connectivity index (χ0v) is 14.3. The van der Waals surface area contributed by atoms with Gasteiger partial charge in [-0.25, -0.2) is 24.3 Å². The molecule has 0 N–H and O–H groups in total. The van der Waals surface area contributed by atoms with Gasteiger partial charge in [0.1, 0.15) is 12.2 Å². The fraction of sp³-hybridized carbons (Fsp3) is 0.800. The molecule has 0 spiro atoms. The number of hydrogen-bond acceptors (Lipinski definition) is 6. The van der Waals surface area contributed by atoms with E-state index in [1.807, 2.05) is 41.5 Å². The molecule has 0 aromatic carbocycles. The summed E-state index contributed by atoms with van der Waals surface area (Å²) in [6, 6.07) is 0. The molecule has 21 heavy (non-hydrogen) atoms. The molecule has 0 saturated carbocycles. The van der Waals surface area contributed by atoms with E-state index >= 15 is 0 Å². The van der Waals surface area contributed by atoms with E-state index in [1.54, 1.807) is 6.92 Å². The van der Waals surface area contributed by atoms with Crippen molar-refractivity contribution in [2.45, 2.75) is 65.3 Å². The van der Waals surface area contributed by atoms with Crippen LogP contribution in [0.5, 0.6) is 0 Å². The SMILES string of the molecule is COC(=O)/C=C/C(C)(COOC(C)(C)C)OOC(C)(C)C. The zero-order valence-electron chi connectivity index (χ0n) is 14.3. The first-order valence-corrected chi connectivity index (χ1v) is 6.82. The Morgan fingerprint density at radius 2 is 1.43 bits per heavy atom. The second-order valence-corrected chi connectivity index (χ2v) is 6.91. The van der Waals surface area contributed by atoms with Gasteiger partial charge in [-0.15, -0.1) is 0 Å². The minimum absolute atomic E-state index is 0.0494. The third-order valence-corrected chi connectivity index (χ3v) is 1.91. The van der Waals surface area contributed by atoms with Crippen LogP contribution in [0.4, 0.5) is 0 Å². The number of hydrogen-bond donors (Lipinski definition) is 0. The highest BCUT2D eigenvalue weighted by Crippen LogP contribution is 2.20. The predicted octanol–water partition coefficient (Wildman–Crippen LogP) is 2.97. The first kappa shape index (κ1) is 20.1. The first-order valence-electron chi connectivity index (χ1n) is 6.82. The normalized spacial score (nSPS) is 16.0. The maximum absolute atomic E-state index is 11.2. The van der Waals surface area contributed by atoms with Crippen LogP contribution in [-0.2, 0) is 29.1 Å². The lowest BCUT2D eigenvalue weighted by atomic mass is 10.1. The van der Waals surface area contributed by atoms with Crippen LogP contribution in [-0.4, -0.2) is 36.5 Å². The fourth-order valence-electron chi connectivity index (χ4n) is 0.956. The summed E-state index contributed by atoms with van der Waals surface area (Å²) in [6.07, 6.45) is 2.77. The lowest BCUT2D eigenvalue weighted by Gasteiger charge is -2.29. The molecule has 6 nitrogen and oxygen atoms in total. The molecule has 0 rings (SSSR count). The Morgan fingerprint density at radius 1 is 0.905 bits per heavy atom. The van der Waals surface area contributed by atoms with E-state index in [1.165, 1.54) is 19.3 Å². The van der Waals surface area contributed by atoms with Crippen LogP contribution in [0.3, 0.4) is 0 Å². The maximum atomic E-state index is 11.2. The highest BCUT2D eigenvalue weighted by molar-refractivity contribution is 5.81. The first-order chi connectivity index (χ1) is 9.37. The molecule has 0 radical (unpaired) electrons. The standard InChI is InChI=1S/C15H28O6/c1-13(2,3)19-18-11-15(7,10-9-12(16)17-8)21-20-14(4,5)6/h9-10H,11H2,1-8H3/b10-9+. The molecule has 0 aliphatic carbocycles. The molecule has 0 saturated heterocycles. The Morgan fingerprint density at radius 3 is 1.86 bits per heavy atom. The lowest BCUT2D eigenvalue weighted by Crippen LogP contribution is -2.37. The van der Waals surface area contributed by atoms with Crippen molar-refractivity contribution in [3.05, 3.63) is 12.2 Å². The van der Waals surface area contributed by atoms with Crippen LogP contribution in [0.1, 0.15) is 48.5 Å². The van der Waals surface area contributed by atoms with E-state index in [0.717, 1.165) is 0 Å². The molecule has 0 fully saturated rings. The van der Waals surface area contributed by atoms with Crippen molar-refractivity contribution in [3.8, 4) is 0 Å². The molecule has 124 valence electrons. The summed E-state index contributed by atoms with van der Waals surface area (Å²) in [5, 5.41) is 0. The lowest BCUT2D eigenvalue weighted by molar-refractivity contribution is -0.425. The molecule has 0 aliphatic rings. The summed E-state index contributed by atoms with van der Waals surface area (Å²) in [6.45, 7) is 12.9. The van der Waals surface area contributed by atoms with Gasteiger partial charge in [-0.3, -0.25) is 0 Å². The predicted molar refractivity (Wildman–Crippen MR) is 78.3 cm³/mol. The highest BCUT2D eigenvalue weighted by Gasteiger charge is 2.29. The van der Waals surface area contributed by atoms with Crippen molar-refractivity contribution < 1.29 is 29.1 Å². The van der Waals surface area contributed by atoms with Gasteiger partial charge in [0.05, 0.1) is 18.3 Å². The van der Waals surface area contributed by atoms with Gasteiger partial charge in [-0.1, -0.05) is 0 Å². The van der Waals surface area contributed by atoms with Gasteiger partial charge in [0.2, 0.25) is 0 Å². The van der Waals surface area contributed by atoms with E-state index in [-0.39, 0.29) is 6.61 Å². The average Bonchev–Trinajstić information content (AvgIpc) is 2.31. The molecule has 0 aromatic rings. The molecule has 0 bridgehead atoms. The quantitative estimate of drug-likeness (QED) is 0.312. The van der Waals surface area contributed by atoms with Crippen LogP contribution < -0.4 is 0 Å². The van der Waals surface area contributed by atoms with Gasteiger partial charge >= 0.3 is 5.97 Å². The summed E-state index contributed by atoms with van der Waals surface area (Å²) in [5.74, 6) is -0.489. The van der Waals surface area contributed by atoms with Gasteiger partial charge in [0.15, 0.2) is 0 Å². The smallest absolute Gasteiger partial charge is 0.330 e. The van der Waals surface area contributed by atoms with Crippen LogP contribution in [0.15, 0.2) is 12.2 Å². The summed E-state index contributed by atoms with van der Waals surface area (Å²) in [5.41, 5.74) is -1.93. The van der Waals surface area contributed by atoms with Crippen LogP contribution in [0.2, 0.25) is 0 Å². The Bertz CT molecular complexity index is 350. The van der Waals surface area contributed by atoms with Crippen molar-refractivity contribution >= 4 is 5.97 Å². The van der Waals surface area contributed by atoms with E-state index < -0.39 is 22.8 Å². The van der Waals surface area contributed by atoms with Gasteiger partial charge < -0.3 is 4.74 Å². The van der Waals surface area contributed by atoms with E-state index in [4.69, 9.17) is 19.6 Å². The van der Waals surface area contributed by atoms with Crippen LogP contribution in [0.25, 0.3) is 0 Å². The number of esters is 1. The number of rotatable bonds is 7. The second kappa shape index (κ2) is 7.89. The minimum atomic E-state index is -0.993. The van der Waals surface area contributed by atoms with E-state index in [0.29, 0.717) is 0 Å². The van der Waals surface area contributed by atoms with Gasteiger partial charge in [-0.2, -0.15) is 0 Å². The van der Waals surface area contributed by atoms with E-state index in [2.05, 4.69) is 4.74 Å². The molecule has 0 aromatic heterocycles. The number of ether oxygens (including phenoxy) is 1. The maximum Gasteiger partial charge on any atom is 0.330 e. The minimum Gasteiger partial charge on any atom is -0.466 e. The van der Waals surface area contributed by atoms with Crippen molar-refractivity contribution in [3.63, 3.8) is 0 Å². The molecule has 6 heteroatoms. The van der Waals surface area contributed by atoms with Gasteiger partial charge in [-0.05, 0) is 54.5 Å². The van der Waals surface area contributed by atoms with Gasteiger partial charge in [0.25, 0.3) is 0 Å². The van der Waals surface area contributed by atoms with Crippen molar-refractivity contribution in [1.29, 1.82) is 0 Å². The Balaban J connectivity index is 4.74. The Hall–Kier alpha value is -0.950. The molecule has 1 unspecified atom stereocenters. The molecule has 0 heterocycles. The van der Waals surface area contributed by atoms with E-state index in [9.17, 15) is 4.79 Å². The van der Waals surface area contributed by atoms with Crippen molar-refractivity contribution in [1.82, 2.24) is 0 Å². The monoisotopic (exact) mass is 304 g/mol. The highest BCUT2D eigenvalue weighted by atomic mass is 17.2. The molecule has 0 aliphatic heterocycles. The third kappa shape index (κ3) is 11.4. The topological polar surface area (TPSA) is 63.2 Å². The number of carbonyl (C=O) groups is 1. The summed E-state index contributed by atoms with van der Waals surface area (Å²) < 4.78 is 4.56. The average molecular weight is 304 g/mol. The molecule has 0 amide bonds. The summed E-state index contributed by atoms with van der Waals surface area (Å²) in [4.78, 5) is 32.3. The van der Waals surface area contributed by atoms with Gasteiger partial charge in [0, 0.05) is 6.08 Å². The zero-order chi connectivity index (χ0) is 16.7. The molecule has 1 atom stereocenters. The van der Waals surface area contributed by atoms with Crippen LogP contribution >= 0.6 is 0 Å². The fourth-order valence-corrected chi connectivity index (χ4v) is 0.956. The molecular formula is C15H28O6. The Kier molecular flexibility index (Phi) is 7.53. The van der Waals surface area contributed by atoms with Crippen molar-refractivity contribution in [2.75, 3.05) is 13.7 Å².